The first kappa shape index (κ1) is 19.8. The number of hydrogen-bond acceptors (Lipinski definition) is 3. The molecular formula is C18H31N3OS. The molecule has 4 nitrogen and oxygen atoms in total. The molecule has 1 atom stereocenters. The molecule has 1 unspecified atom stereocenters. The summed E-state index contributed by atoms with van der Waals surface area (Å²) in [6.07, 6.45) is 3.09. The van der Waals surface area contributed by atoms with Crippen LogP contribution in [0, 0.1) is 5.92 Å². The number of aliphatic hydroxyl groups is 1. The Balaban J connectivity index is 2.36. The minimum atomic E-state index is 0.248. The van der Waals surface area contributed by atoms with Gasteiger partial charge in [0.2, 0.25) is 0 Å². The van der Waals surface area contributed by atoms with Crippen molar-refractivity contribution in [3.8, 4) is 0 Å². The van der Waals surface area contributed by atoms with E-state index in [1.807, 2.05) is 17.8 Å². The van der Waals surface area contributed by atoms with Crippen LogP contribution in [0.25, 0.3) is 0 Å². The van der Waals surface area contributed by atoms with Gasteiger partial charge in [0.25, 0.3) is 0 Å². The zero-order valence-electron chi connectivity index (χ0n) is 14.4. The number of aliphatic hydroxyl groups excluding tert-OH is 1. The summed E-state index contributed by atoms with van der Waals surface area (Å²) in [6.45, 7) is 7.01. The van der Waals surface area contributed by atoms with Crippen LogP contribution in [0.4, 0.5) is 0 Å². The molecule has 0 saturated carbocycles. The molecule has 1 aromatic rings. The standard InChI is InChI=1S/C18H31N3OS/c1-3-8-16(11-13-22)15-21-18(19-4-2)20-12-14-23-17-9-6-5-7-10-17/h5-7,9-10,16,22H,3-4,8,11-15H2,1-2H3,(H2,19,20,21). The molecule has 1 aromatic carbocycles. The van der Waals surface area contributed by atoms with E-state index in [-0.39, 0.29) is 6.61 Å². The van der Waals surface area contributed by atoms with E-state index in [1.165, 1.54) is 4.90 Å². The molecule has 0 aliphatic carbocycles. The SMILES string of the molecule is CCCC(CCO)CN=C(NCC)NCCSc1ccccc1. The van der Waals surface area contributed by atoms with Crippen molar-refractivity contribution in [3.05, 3.63) is 30.3 Å². The third-order valence-corrected chi connectivity index (χ3v) is 4.51. The van der Waals surface area contributed by atoms with Crippen LogP contribution in [0.2, 0.25) is 0 Å². The van der Waals surface area contributed by atoms with Crippen LogP contribution >= 0.6 is 11.8 Å². The van der Waals surface area contributed by atoms with Crippen LogP contribution in [0.1, 0.15) is 33.1 Å². The maximum atomic E-state index is 9.13. The second-order valence-electron chi connectivity index (χ2n) is 5.47. The third kappa shape index (κ3) is 9.51. The average molecular weight is 338 g/mol. The van der Waals surface area contributed by atoms with Crippen molar-refractivity contribution < 1.29 is 5.11 Å². The summed E-state index contributed by atoms with van der Waals surface area (Å²) < 4.78 is 0. The summed E-state index contributed by atoms with van der Waals surface area (Å²) in [5.41, 5.74) is 0. The number of nitrogens with one attached hydrogen (secondary N) is 2. The molecule has 0 fully saturated rings. The van der Waals surface area contributed by atoms with Gasteiger partial charge in [0.05, 0.1) is 0 Å². The number of aliphatic imine (C=N–C) groups is 1. The van der Waals surface area contributed by atoms with Crippen molar-refractivity contribution in [3.63, 3.8) is 0 Å². The van der Waals surface area contributed by atoms with Crippen LogP contribution in [0.5, 0.6) is 0 Å². The molecule has 3 N–H and O–H groups in total. The monoisotopic (exact) mass is 337 g/mol. The van der Waals surface area contributed by atoms with Crippen molar-refractivity contribution in [1.82, 2.24) is 10.6 Å². The number of rotatable bonds is 11. The Labute approximate surface area is 145 Å². The van der Waals surface area contributed by atoms with Gasteiger partial charge in [-0.3, -0.25) is 4.99 Å². The lowest BCUT2D eigenvalue weighted by atomic mass is 10.0. The second kappa shape index (κ2) is 13.3. The van der Waals surface area contributed by atoms with Crippen LogP contribution in [0.3, 0.4) is 0 Å². The molecule has 0 amide bonds. The van der Waals surface area contributed by atoms with Gasteiger partial charge in [-0.05, 0) is 37.8 Å². The minimum absolute atomic E-state index is 0.248. The van der Waals surface area contributed by atoms with Gasteiger partial charge in [0, 0.05) is 36.9 Å². The first-order valence-corrected chi connectivity index (χ1v) is 9.59. The fraction of sp³-hybridized carbons (Fsp3) is 0.611. The lowest BCUT2D eigenvalue weighted by molar-refractivity contribution is 0.253. The van der Waals surface area contributed by atoms with Crippen molar-refractivity contribution in [1.29, 1.82) is 0 Å². The molecule has 0 heterocycles. The molecule has 0 aliphatic heterocycles. The van der Waals surface area contributed by atoms with Gasteiger partial charge in [-0.15, -0.1) is 11.8 Å². The molecule has 0 aromatic heterocycles. The van der Waals surface area contributed by atoms with E-state index >= 15 is 0 Å². The highest BCUT2D eigenvalue weighted by atomic mass is 32.2. The van der Waals surface area contributed by atoms with E-state index in [1.54, 1.807) is 0 Å². The molecule has 1 rings (SSSR count). The number of thioether (sulfide) groups is 1. The zero-order valence-corrected chi connectivity index (χ0v) is 15.2. The molecule has 0 bridgehead atoms. The Morgan fingerprint density at radius 1 is 1.17 bits per heavy atom. The molecule has 0 radical (unpaired) electrons. The predicted molar refractivity (Wildman–Crippen MR) is 101 cm³/mol. The maximum Gasteiger partial charge on any atom is 0.191 e. The normalized spacial score (nSPS) is 12.9. The summed E-state index contributed by atoms with van der Waals surface area (Å²) in [5.74, 6) is 2.35. The minimum Gasteiger partial charge on any atom is -0.396 e. The van der Waals surface area contributed by atoms with E-state index in [0.29, 0.717) is 5.92 Å². The Bertz CT molecular complexity index is 420. The molecular weight excluding hydrogens is 306 g/mol. The highest BCUT2D eigenvalue weighted by molar-refractivity contribution is 7.99. The maximum absolute atomic E-state index is 9.13. The molecule has 0 spiro atoms. The Kier molecular flexibility index (Phi) is 11.4. The summed E-state index contributed by atoms with van der Waals surface area (Å²) >= 11 is 1.84. The van der Waals surface area contributed by atoms with Crippen molar-refractivity contribution in [2.45, 2.75) is 38.0 Å². The van der Waals surface area contributed by atoms with Crippen LogP contribution in [-0.2, 0) is 0 Å². The fourth-order valence-electron chi connectivity index (χ4n) is 2.33. The smallest absolute Gasteiger partial charge is 0.191 e. The number of guanidine groups is 1. The molecule has 23 heavy (non-hydrogen) atoms. The Morgan fingerprint density at radius 3 is 2.61 bits per heavy atom. The van der Waals surface area contributed by atoms with Crippen LogP contribution in [-0.4, -0.2) is 43.1 Å². The highest BCUT2D eigenvalue weighted by Gasteiger charge is 2.07. The van der Waals surface area contributed by atoms with E-state index in [0.717, 1.165) is 50.6 Å². The molecule has 0 saturated heterocycles. The van der Waals surface area contributed by atoms with E-state index < -0.39 is 0 Å². The number of benzene rings is 1. The van der Waals surface area contributed by atoms with E-state index in [2.05, 4.69) is 53.7 Å². The Morgan fingerprint density at radius 2 is 1.96 bits per heavy atom. The lowest BCUT2D eigenvalue weighted by Gasteiger charge is -2.15. The van der Waals surface area contributed by atoms with Gasteiger partial charge >= 0.3 is 0 Å². The zero-order chi connectivity index (χ0) is 16.8. The largest absolute Gasteiger partial charge is 0.396 e. The fourth-order valence-corrected chi connectivity index (χ4v) is 3.12. The van der Waals surface area contributed by atoms with E-state index in [4.69, 9.17) is 5.11 Å². The van der Waals surface area contributed by atoms with Gasteiger partial charge in [0.15, 0.2) is 5.96 Å². The van der Waals surface area contributed by atoms with Gasteiger partial charge in [-0.25, -0.2) is 0 Å². The van der Waals surface area contributed by atoms with Crippen molar-refractivity contribution in [2.24, 2.45) is 10.9 Å². The van der Waals surface area contributed by atoms with Crippen molar-refractivity contribution >= 4 is 17.7 Å². The second-order valence-corrected chi connectivity index (χ2v) is 6.64. The molecule has 130 valence electrons. The number of hydrogen-bond donors (Lipinski definition) is 3. The molecule has 5 heteroatoms. The highest BCUT2D eigenvalue weighted by Crippen LogP contribution is 2.15. The Hall–Kier alpha value is -1.20. The first-order chi connectivity index (χ1) is 11.3. The number of nitrogens with zero attached hydrogens (tertiary/aromatic N) is 1. The quantitative estimate of drug-likeness (QED) is 0.251. The average Bonchev–Trinajstić information content (AvgIpc) is 2.57. The van der Waals surface area contributed by atoms with Crippen LogP contribution < -0.4 is 10.6 Å². The molecule has 0 aliphatic rings. The summed E-state index contributed by atoms with van der Waals surface area (Å²) in [5, 5.41) is 15.8. The van der Waals surface area contributed by atoms with Gasteiger partial charge < -0.3 is 15.7 Å². The van der Waals surface area contributed by atoms with Crippen LogP contribution in [0.15, 0.2) is 40.2 Å². The lowest BCUT2D eigenvalue weighted by Crippen LogP contribution is -2.38. The van der Waals surface area contributed by atoms with Crippen molar-refractivity contribution in [2.75, 3.05) is 32.0 Å². The third-order valence-electron chi connectivity index (χ3n) is 3.49. The predicted octanol–water partition coefficient (Wildman–Crippen LogP) is 3.13. The summed E-state index contributed by atoms with van der Waals surface area (Å²) in [7, 11) is 0. The van der Waals surface area contributed by atoms with E-state index in [9.17, 15) is 0 Å². The van der Waals surface area contributed by atoms with Gasteiger partial charge in [-0.2, -0.15) is 0 Å². The first-order valence-electron chi connectivity index (χ1n) is 8.61. The summed E-state index contributed by atoms with van der Waals surface area (Å²) in [4.78, 5) is 5.96. The summed E-state index contributed by atoms with van der Waals surface area (Å²) in [6, 6.07) is 10.4. The van der Waals surface area contributed by atoms with Gasteiger partial charge in [-0.1, -0.05) is 31.5 Å². The topological polar surface area (TPSA) is 56.7 Å². The van der Waals surface area contributed by atoms with Gasteiger partial charge in [0.1, 0.15) is 0 Å².